The Kier molecular flexibility index (Phi) is 4.53. The van der Waals surface area contributed by atoms with Gasteiger partial charge in [-0.25, -0.2) is 8.78 Å². The summed E-state index contributed by atoms with van der Waals surface area (Å²) >= 11 is 0. The van der Waals surface area contributed by atoms with E-state index in [1.165, 1.54) is 0 Å². The number of alkyl halides is 2. The van der Waals surface area contributed by atoms with E-state index >= 15 is 0 Å². The number of rotatable bonds is 5. The zero-order chi connectivity index (χ0) is 13.0. The number of fused-ring (bicyclic) bond motifs is 1. The average Bonchev–Trinajstić information content (AvgIpc) is 2.39. The van der Waals surface area contributed by atoms with Gasteiger partial charge in [-0.2, -0.15) is 0 Å². The fraction of sp³-hybridized carbons (Fsp3) is 0.571. The zero-order valence-electron chi connectivity index (χ0n) is 10.6. The van der Waals surface area contributed by atoms with E-state index in [-0.39, 0.29) is 0 Å². The smallest absolute Gasteiger partial charge is 0.257 e. The molecule has 1 aromatic rings. The molecule has 0 aliphatic carbocycles. The monoisotopic (exact) mass is 255 g/mol. The SMILES string of the molecule is CCCNC(c1cccc2c1OCCC2)C(F)F. The Balaban J connectivity index is 2.29. The lowest BCUT2D eigenvalue weighted by Crippen LogP contribution is -2.29. The highest BCUT2D eigenvalue weighted by Crippen LogP contribution is 2.35. The van der Waals surface area contributed by atoms with Crippen molar-refractivity contribution in [3.8, 4) is 5.75 Å². The number of ether oxygens (including phenoxy) is 1. The third-order valence-corrected chi connectivity index (χ3v) is 3.17. The molecule has 0 spiro atoms. The minimum absolute atomic E-state index is 0.582. The minimum Gasteiger partial charge on any atom is -0.493 e. The van der Waals surface area contributed by atoms with Gasteiger partial charge in [0.05, 0.1) is 12.6 Å². The molecule has 1 aliphatic rings. The normalized spacial score (nSPS) is 16.2. The van der Waals surface area contributed by atoms with Crippen molar-refractivity contribution in [2.45, 2.75) is 38.7 Å². The summed E-state index contributed by atoms with van der Waals surface area (Å²) in [5.41, 5.74) is 1.64. The molecule has 0 aromatic heterocycles. The molecule has 1 atom stereocenters. The van der Waals surface area contributed by atoms with Crippen molar-refractivity contribution < 1.29 is 13.5 Å². The van der Waals surface area contributed by atoms with Crippen LogP contribution in [0.25, 0.3) is 0 Å². The predicted octanol–water partition coefficient (Wildman–Crippen LogP) is 3.32. The first-order valence-electron chi connectivity index (χ1n) is 6.50. The van der Waals surface area contributed by atoms with Crippen LogP contribution < -0.4 is 10.1 Å². The van der Waals surface area contributed by atoms with Crippen molar-refractivity contribution in [2.75, 3.05) is 13.2 Å². The Morgan fingerprint density at radius 3 is 2.94 bits per heavy atom. The molecule has 0 saturated heterocycles. The molecular weight excluding hydrogens is 236 g/mol. The van der Waals surface area contributed by atoms with Crippen LogP contribution in [0.1, 0.15) is 36.9 Å². The molecule has 0 fully saturated rings. The van der Waals surface area contributed by atoms with Gasteiger partial charge >= 0.3 is 0 Å². The Hall–Kier alpha value is -1.16. The Morgan fingerprint density at radius 1 is 1.39 bits per heavy atom. The van der Waals surface area contributed by atoms with Crippen LogP contribution in [-0.4, -0.2) is 19.6 Å². The molecule has 2 rings (SSSR count). The van der Waals surface area contributed by atoms with Crippen LogP contribution in [0.15, 0.2) is 18.2 Å². The van der Waals surface area contributed by atoms with E-state index in [0.29, 0.717) is 24.5 Å². The maximum absolute atomic E-state index is 13.2. The van der Waals surface area contributed by atoms with Gasteiger partial charge in [0.25, 0.3) is 6.43 Å². The van der Waals surface area contributed by atoms with Crippen LogP contribution in [0.2, 0.25) is 0 Å². The summed E-state index contributed by atoms with van der Waals surface area (Å²) in [5.74, 6) is 0.664. The largest absolute Gasteiger partial charge is 0.493 e. The number of hydrogen-bond donors (Lipinski definition) is 1. The van der Waals surface area contributed by atoms with Crippen LogP contribution >= 0.6 is 0 Å². The topological polar surface area (TPSA) is 21.3 Å². The van der Waals surface area contributed by atoms with Crippen LogP contribution in [0.4, 0.5) is 8.78 Å². The molecule has 1 aromatic carbocycles. The van der Waals surface area contributed by atoms with E-state index in [1.807, 2.05) is 19.1 Å². The van der Waals surface area contributed by atoms with Gasteiger partial charge in [-0.05, 0) is 31.4 Å². The minimum atomic E-state index is -2.42. The van der Waals surface area contributed by atoms with Crippen LogP contribution in [0, 0.1) is 0 Å². The Labute approximate surface area is 106 Å². The Bertz CT molecular complexity index is 395. The summed E-state index contributed by atoms with van der Waals surface area (Å²) in [4.78, 5) is 0. The lowest BCUT2D eigenvalue weighted by Gasteiger charge is -2.25. The summed E-state index contributed by atoms with van der Waals surface area (Å²) in [5, 5.41) is 2.91. The maximum atomic E-state index is 13.2. The molecule has 0 amide bonds. The standard InChI is InChI=1S/C14H19F2NO/c1-2-8-17-12(14(15)16)11-7-3-5-10-6-4-9-18-13(10)11/h3,5,7,12,14,17H,2,4,6,8-9H2,1H3. The molecule has 1 heterocycles. The number of para-hydroxylation sites is 1. The lowest BCUT2D eigenvalue weighted by atomic mass is 9.98. The van der Waals surface area contributed by atoms with Gasteiger partial charge in [0.2, 0.25) is 0 Å². The molecule has 0 radical (unpaired) electrons. The number of benzene rings is 1. The van der Waals surface area contributed by atoms with Gasteiger partial charge in [0.1, 0.15) is 5.75 Å². The van der Waals surface area contributed by atoms with E-state index in [1.54, 1.807) is 6.07 Å². The number of aryl methyl sites for hydroxylation is 1. The van der Waals surface area contributed by atoms with Crippen molar-refractivity contribution in [1.82, 2.24) is 5.32 Å². The molecule has 0 bridgehead atoms. The summed E-state index contributed by atoms with van der Waals surface area (Å²) in [6.45, 7) is 3.17. The van der Waals surface area contributed by atoms with Crippen molar-refractivity contribution >= 4 is 0 Å². The summed E-state index contributed by atoms with van der Waals surface area (Å²) < 4.78 is 31.9. The second kappa shape index (κ2) is 6.14. The zero-order valence-corrected chi connectivity index (χ0v) is 10.6. The highest BCUT2D eigenvalue weighted by atomic mass is 19.3. The molecule has 2 nitrogen and oxygen atoms in total. The van der Waals surface area contributed by atoms with E-state index < -0.39 is 12.5 Å². The lowest BCUT2D eigenvalue weighted by molar-refractivity contribution is 0.0963. The fourth-order valence-electron chi connectivity index (χ4n) is 2.29. The second-order valence-electron chi connectivity index (χ2n) is 4.55. The summed E-state index contributed by atoms with van der Waals surface area (Å²) in [6, 6.07) is 4.61. The van der Waals surface area contributed by atoms with Gasteiger partial charge < -0.3 is 10.1 Å². The third kappa shape index (κ3) is 2.80. The first-order valence-corrected chi connectivity index (χ1v) is 6.50. The Morgan fingerprint density at radius 2 is 2.22 bits per heavy atom. The maximum Gasteiger partial charge on any atom is 0.257 e. The van der Waals surface area contributed by atoms with Gasteiger partial charge in [0.15, 0.2) is 0 Å². The first kappa shape index (κ1) is 13.3. The van der Waals surface area contributed by atoms with Crippen molar-refractivity contribution in [3.63, 3.8) is 0 Å². The molecule has 0 saturated carbocycles. The third-order valence-electron chi connectivity index (χ3n) is 3.17. The average molecular weight is 255 g/mol. The van der Waals surface area contributed by atoms with Crippen LogP contribution in [0.5, 0.6) is 5.75 Å². The number of hydrogen-bond acceptors (Lipinski definition) is 2. The number of nitrogens with one attached hydrogen (secondary N) is 1. The van der Waals surface area contributed by atoms with Crippen molar-refractivity contribution in [3.05, 3.63) is 29.3 Å². The molecule has 1 N–H and O–H groups in total. The first-order chi connectivity index (χ1) is 8.74. The van der Waals surface area contributed by atoms with Gasteiger partial charge in [-0.15, -0.1) is 0 Å². The van der Waals surface area contributed by atoms with E-state index in [4.69, 9.17) is 4.74 Å². The highest BCUT2D eigenvalue weighted by molar-refractivity contribution is 5.44. The second-order valence-corrected chi connectivity index (χ2v) is 4.55. The molecule has 1 aliphatic heterocycles. The van der Waals surface area contributed by atoms with Gasteiger partial charge in [-0.3, -0.25) is 0 Å². The van der Waals surface area contributed by atoms with Crippen molar-refractivity contribution in [1.29, 1.82) is 0 Å². The molecular formula is C14H19F2NO. The fourth-order valence-corrected chi connectivity index (χ4v) is 2.29. The van der Waals surface area contributed by atoms with Crippen molar-refractivity contribution in [2.24, 2.45) is 0 Å². The summed E-state index contributed by atoms with van der Waals surface area (Å²) in [7, 11) is 0. The van der Waals surface area contributed by atoms with E-state index in [0.717, 1.165) is 24.8 Å². The van der Waals surface area contributed by atoms with E-state index in [2.05, 4.69) is 5.32 Å². The summed E-state index contributed by atoms with van der Waals surface area (Å²) in [6.07, 6.45) is 0.276. The molecule has 1 unspecified atom stereocenters. The van der Waals surface area contributed by atoms with Crippen LogP contribution in [-0.2, 0) is 6.42 Å². The van der Waals surface area contributed by atoms with Gasteiger partial charge in [0, 0.05) is 5.56 Å². The predicted molar refractivity (Wildman–Crippen MR) is 67.3 cm³/mol. The molecule has 100 valence electrons. The molecule has 18 heavy (non-hydrogen) atoms. The van der Waals surface area contributed by atoms with E-state index in [9.17, 15) is 8.78 Å². The quantitative estimate of drug-likeness (QED) is 0.871. The number of halogens is 2. The highest BCUT2D eigenvalue weighted by Gasteiger charge is 2.27. The van der Waals surface area contributed by atoms with Crippen LogP contribution in [0.3, 0.4) is 0 Å². The molecule has 4 heteroatoms. The van der Waals surface area contributed by atoms with Gasteiger partial charge in [-0.1, -0.05) is 25.1 Å².